The van der Waals surface area contributed by atoms with Gasteiger partial charge in [-0.2, -0.15) is 0 Å². The Morgan fingerprint density at radius 3 is 2.88 bits per heavy atom. The van der Waals surface area contributed by atoms with Crippen LogP contribution in [-0.2, 0) is 0 Å². The summed E-state index contributed by atoms with van der Waals surface area (Å²) in [6.45, 7) is 8.91. The molecule has 17 heavy (non-hydrogen) atoms. The number of nitrogens with zero attached hydrogens (tertiary/aromatic N) is 3. The molecule has 0 aliphatic carbocycles. The van der Waals surface area contributed by atoms with Crippen molar-refractivity contribution in [2.24, 2.45) is 0 Å². The van der Waals surface area contributed by atoms with Crippen molar-refractivity contribution in [2.75, 3.05) is 0 Å². The maximum atomic E-state index is 12.6. The quantitative estimate of drug-likeness (QED) is 0.756. The van der Waals surface area contributed by atoms with Gasteiger partial charge in [0.15, 0.2) is 0 Å². The van der Waals surface area contributed by atoms with Crippen molar-refractivity contribution in [3.05, 3.63) is 55.4 Å². The van der Waals surface area contributed by atoms with E-state index in [0.717, 1.165) is 16.9 Å². The van der Waals surface area contributed by atoms with Crippen molar-refractivity contribution in [1.29, 1.82) is 0 Å². The molecule has 0 saturated heterocycles. The van der Waals surface area contributed by atoms with E-state index in [2.05, 4.69) is 23.1 Å². The summed E-state index contributed by atoms with van der Waals surface area (Å²) < 4.78 is 14.4. The molecule has 0 atom stereocenters. The molecule has 0 saturated carbocycles. The van der Waals surface area contributed by atoms with E-state index >= 15 is 0 Å². The second kappa shape index (κ2) is 4.33. The first-order valence-electron chi connectivity index (χ1n) is 5.10. The van der Waals surface area contributed by atoms with Crippen LogP contribution in [0.2, 0.25) is 0 Å². The minimum absolute atomic E-state index is 0.508. The van der Waals surface area contributed by atoms with Gasteiger partial charge in [0, 0.05) is 11.9 Å². The van der Waals surface area contributed by atoms with Crippen LogP contribution in [0, 0.1) is 6.92 Å². The number of pyridine rings is 1. The monoisotopic (exact) mass is 229 g/mol. The minimum atomic E-state index is -0.508. The molecule has 0 fully saturated rings. The fourth-order valence-corrected chi connectivity index (χ4v) is 1.67. The highest BCUT2D eigenvalue weighted by molar-refractivity contribution is 5.80. The zero-order valence-corrected chi connectivity index (χ0v) is 9.52. The first kappa shape index (κ1) is 11.3. The molecule has 2 aromatic heterocycles. The third kappa shape index (κ3) is 2.15. The Morgan fingerprint density at radius 2 is 2.18 bits per heavy atom. The van der Waals surface area contributed by atoms with E-state index in [1.165, 1.54) is 6.08 Å². The van der Waals surface area contributed by atoms with Crippen LogP contribution in [0.3, 0.4) is 0 Å². The number of imidazole rings is 1. The van der Waals surface area contributed by atoms with Gasteiger partial charge in [-0.05, 0) is 25.1 Å². The normalized spacial score (nSPS) is 11.2. The summed E-state index contributed by atoms with van der Waals surface area (Å²) in [4.78, 5) is 8.42. The molecule has 0 N–H and O–H groups in total. The predicted molar refractivity (Wildman–Crippen MR) is 67.0 cm³/mol. The van der Waals surface area contributed by atoms with Crippen molar-refractivity contribution >= 4 is 16.7 Å². The van der Waals surface area contributed by atoms with Gasteiger partial charge < -0.3 is 0 Å². The number of hydrogen-bond acceptors (Lipinski definition) is 2. The van der Waals surface area contributed by atoms with Crippen LogP contribution in [0.1, 0.15) is 5.82 Å². The Labute approximate surface area is 98.6 Å². The lowest BCUT2D eigenvalue weighted by Gasteiger charge is -2.05. The molecule has 3 nitrogen and oxygen atoms in total. The van der Waals surface area contributed by atoms with Crippen molar-refractivity contribution in [2.45, 2.75) is 6.92 Å². The van der Waals surface area contributed by atoms with E-state index in [1.807, 2.05) is 17.6 Å². The SMILES string of the molecule is C=C(F)C=CC(=C)n1c(C)nc2ccncc21. The third-order valence-electron chi connectivity index (χ3n) is 2.37. The summed E-state index contributed by atoms with van der Waals surface area (Å²) in [5.74, 6) is 0.276. The zero-order chi connectivity index (χ0) is 12.4. The molecule has 0 radical (unpaired) electrons. The van der Waals surface area contributed by atoms with Gasteiger partial charge in [0.2, 0.25) is 0 Å². The standard InChI is InChI=1S/C13H12FN3/c1-9(14)4-5-10(2)17-11(3)16-12-6-7-15-8-13(12)17/h4-8H,1-2H2,3H3. The summed E-state index contributed by atoms with van der Waals surface area (Å²) >= 11 is 0. The molecule has 0 aliphatic heterocycles. The van der Waals surface area contributed by atoms with Gasteiger partial charge in [-0.25, -0.2) is 9.37 Å². The second-order valence-electron chi connectivity index (χ2n) is 3.63. The number of fused-ring (bicyclic) bond motifs is 1. The summed E-state index contributed by atoms with van der Waals surface area (Å²) in [6, 6.07) is 1.82. The molecule has 0 unspecified atom stereocenters. The maximum absolute atomic E-state index is 12.6. The Balaban J connectivity index is 2.51. The molecule has 0 amide bonds. The number of allylic oxidation sites excluding steroid dienone is 4. The lowest BCUT2D eigenvalue weighted by Crippen LogP contribution is -1.96. The van der Waals surface area contributed by atoms with Crippen LogP contribution in [0.5, 0.6) is 0 Å². The fourth-order valence-electron chi connectivity index (χ4n) is 1.67. The van der Waals surface area contributed by atoms with Crippen LogP contribution < -0.4 is 0 Å². The van der Waals surface area contributed by atoms with Crippen LogP contribution >= 0.6 is 0 Å². The van der Waals surface area contributed by atoms with Crippen molar-refractivity contribution in [3.8, 4) is 0 Å². The summed E-state index contributed by atoms with van der Waals surface area (Å²) in [5, 5.41) is 0. The van der Waals surface area contributed by atoms with Crippen LogP contribution in [0.25, 0.3) is 16.7 Å². The van der Waals surface area contributed by atoms with Gasteiger partial charge in [0.05, 0.1) is 17.2 Å². The van der Waals surface area contributed by atoms with Gasteiger partial charge >= 0.3 is 0 Å². The zero-order valence-electron chi connectivity index (χ0n) is 9.52. The molecule has 0 aromatic carbocycles. The van der Waals surface area contributed by atoms with Gasteiger partial charge in [0.25, 0.3) is 0 Å². The van der Waals surface area contributed by atoms with Crippen LogP contribution in [0.4, 0.5) is 4.39 Å². The Morgan fingerprint density at radius 1 is 1.41 bits per heavy atom. The lowest BCUT2D eigenvalue weighted by molar-refractivity contribution is 0.671. The van der Waals surface area contributed by atoms with Crippen molar-refractivity contribution in [1.82, 2.24) is 14.5 Å². The van der Waals surface area contributed by atoms with E-state index < -0.39 is 5.83 Å². The van der Waals surface area contributed by atoms with E-state index in [9.17, 15) is 4.39 Å². The van der Waals surface area contributed by atoms with E-state index in [-0.39, 0.29) is 0 Å². The topological polar surface area (TPSA) is 30.7 Å². The number of aryl methyl sites for hydroxylation is 1. The second-order valence-corrected chi connectivity index (χ2v) is 3.63. The van der Waals surface area contributed by atoms with Crippen LogP contribution in [-0.4, -0.2) is 14.5 Å². The van der Waals surface area contributed by atoms with E-state index in [1.54, 1.807) is 18.5 Å². The van der Waals surface area contributed by atoms with E-state index in [0.29, 0.717) is 5.70 Å². The molecule has 86 valence electrons. The molecule has 0 spiro atoms. The lowest BCUT2D eigenvalue weighted by atomic mass is 10.3. The highest BCUT2D eigenvalue weighted by Gasteiger charge is 2.07. The van der Waals surface area contributed by atoms with Gasteiger partial charge in [-0.15, -0.1) is 0 Å². The molecule has 2 rings (SSSR count). The summed E-state index contributed by atoms with van der Waals surface area (Å²) in [7, 11) is 0. The molecule has 2 heterocycles. The third-order valence-corrected chi connectivity index (χ3v) is 2.37. The Kier molecular flexibility index (Phi) is 2.87. The Bertz CT molecular complexity index is 623. The molecule has 0 bridgehead atoms. The van der Waals surface area contributed by atoms with Crippen LogP contribution in [0.15, 0.2) is 49.6 Å². The maximum Gasteiger partial charge on any atom is 0.116 e. The van der Waals surface area contributed by atoms with Gasteiger partial charge in [-0.3, -0.25) is 9.55 Å². The molecule has 0 aliphatic rings. The minimum Gasteiger partial charge on any atom is -0.296 e. The highest BCUT2D eigenvalue weighted by atomic mass is 19.1. The fraction of sp³-hybridized carbons (Fsp3) is 0.0769. The number of aromatic nitrogens is 3. The number of rotatable bonds is 3. The van der Waals surface area contributed by atoms with E-state index in [4.69, 9.17) is 0 Å². The predicted octanol–water partition coefficient (Wildman–Crippen LogP) is 3.25. The Hall–Kier alpha value is -2.23. The summed E-state index contributed by atoms with van der Waals surface area (Å²) in [5.41, 5.74) is 2.31. The summed E-state index contributed by atoms with van der Waals surface area (Å²) in [6.07, 6.45) is 6.22. The highest BCUT2D eigenvalue weighted by Crippen LogP contribution is 2.19. The molecular weight excluding hydrogens is 217 g/mol. The molecule has 4 heteroatoms. The van der Waals surface area contributed by atoms with Gasteiger partial charge in [0.1, 0.15) is 11.7 Å². The largest absolute Gasteiger partial charge is 0.296 e. The number of hydrogen-bond donors (Lipinski definition) is 0. The molecular formula is C13H12FN3. The van der Waals surface area contributed by atoms with Gasteiger partial charge in [-0.1, -0.05) is 13.2 Å². The average Bonchev–Trinajstić information content (AvgIpc) is 2.61. The number of halogens is 1. The smallest absolute Gasteiger partial charge is 0.116 e. The molecule has 2 aromatic rings. The average molecular weight is 229 g/mol. The first-order valence-corrected chi connectivity index (χ1v) is 5.10. The van der Waals surface area contributed by atoms with Crippen molar-refractivity contribution in [3.63, 3.8) is 0 Å². The van der Waals surface area contributed by atoms with Crippen molar-refractivity contribution < 1.29 is 4.39 Å². The first-order chi connectivity index (χ1) is 8.09.